The zero-order valence-corrected chi connectivity index (χ0v) is 14.1. The van der Waals surface area contributed by atoms with Crippen LogP contribution in [0.25, 0.3) is 0 Å². The normalized spacial score (nSPS) is 30.6. The summed E-state index contributed by atoms with van der Waals surface area (Å²) in [6.45, 7) is 5.99. The first-order valence-corrected chi connectivity index (χ1v) is 8.64. The highest BCUT2D eigenvalue weighted by Gasteiger charge is 2.27. The summed E-state index contributed by atoms with van der Waals surface area (Å²) in [5.41, 5.74) is 3.36. The third-order valence-electron chi connectivity index (χ3n) is 4.35. The Bertz CT molecular complexity index is 544. The fraction of sp³-hybridized carbons (Fsp3) is 0.647. The maximum Gasteiger partial charge on any atom is 0.133 e. The van der Waals surface area contributed by atoms with Gasteiger partial charge in [0.05, 0.1) is 24.1 Å². The highest BCUT2D eigenvalue weighted by Crippen LogP contribution is 2.30. The SMILES string of the molecule is CCC1=CC(C)CC=C2C(=NCC3CCCO3)CC(Cl)=NN12. The molecule has 0 aromatic carbocycles. The minimum atomic E-state index is 0.269. The molecule has 0 aromatic rings. The van der Waals surface area contributed by atoms with Crippen LogP contribution in [0.3, 0.4) is 0 Å². The van der Waals surface area contributed by atoms with E-state index in [0.717, 1.165) is 50.2 Å². The van der Waals surface area contributed by atoms with Crippen LogP contribution in [0.15, 0.2) is 33.6 Å². The number of rotatable bonds is 3. The lowest BCUT2D eigenvalue weighted by Crippen LogP contribution is -2.29. The van der Waals surface area contributed by atoms with E-state index in [4.69, 9.17) is 21.3 Å². The molecule has 1 fully saturated rings. The molecule has 0 spiro atoms. The molecule has 4 nitrogen and oxygen atoms in total. The van der Waals surface area contributed by atoms with E-state index in [0.29, 0.717) is 17.5 Å². The quantitative estimate of drug-likeness (QED) is 0.785. The first kappa shape index (κ1) is 15.8. The lowest BCUT2D eigenvalue weighted by molar-refractivity contribution is 0.118. The number of nitrogens with zero attached hydrogens (tertiary/aromatic N) is 3. The summed E-state index contributed by atoms with van der Waals surface area (Å²) in [5.74, 6) is 0.515. The molecule has 0 saturated carbocycles. The van der Waals surface area contributed by atoms with Crippen molar-refractivity contribution in [2.45, 2.75) is 52.1 Å². The Morgan fingerprint density at radius 2 is 2.36 bits per heavy atom. The molecule has 3 heterocycles. The molecular weight excluding hydrogens is 298 g/mol. The van der Waals surface area contributed by atoms with Crippen LogP contribution in [0, 0.1) is 5.92 Å². The first-order chi connectivity index (χ1) is 10.7. The molecule has 2 unspecified atom stereocenters. The molecular formula is C17H24ClN3O. The number of hydrazone groups is 1. The van der Waals surface area contributed by atoms with Crippen molar-refractivity contribution in [1.29, 1.82) is 0 Å². The molecule has 3 rings (SSSR count). The van der Waals surface area contributed by atoms with Gasteiger partial charge < -0.3 is 4.74 Å². The van der Waals surface area contributed by atoms with Gasteiger partial charge in [-0.1, -0.05) is 37.6 Å². The van der Waals surface area contributed by atoms with Gasteiger partial charge in [-0.05, 0) is 31.6 Å². The zero-order chi connectivity index (χ0) is 15.5. The van der Waals surface area contributed by atoms with Gasteiger partial charge in [-0.15, -0.1) is 0 Å². The van der Waals surface area contributed by atoms with Crippen molar-refractivity contribution in [3.63, 3.8) is 0 Å². The Balaban J connectivity index is 1.87. The van der Waals surface area contributed by atoms with Gasteiger partial charge in [0.1, 0.15) is 5.17 Å². The summed E-state index contributed by atoms with van der Waals surface area (Å²) in [7, 11) is 0. The van der Waals surface area contributed by atoms with E-state index < -0.39 is 0 Å². The van der Waals surface area contributed by atoms with E-state index >= 15 is 0 Å². The van der Waals surface area contributed by atoms with Crippen LogP contribution in [0.2, 0.25) is 0 Å². The molecule has 2 atom stereocenters. The largest absolute Gasteiger partial charge is 0.376 e. The Labute approximate surface area is 137 Å². The van der Waals surface area contributed by atoms with Crippen molar-refractivity contribution in [2.75, 3.05) is 13.2 Å². The molecule has 0 N–H and O–H groups in total. The van der Waals surface area contributed by atoms with E-state index in [9.17, 15) is 0 Å². The molecule has 22 heavy (non-hydrogen) atoms. The molecule has 0 radical (unpaired) electrons. The average Bonchev–Trinajstić information content (AvgIpc) is 2.96. The standard InChI is InChI=1S/C17H24ClN3O/c1-3-13-9-12(2)6-7-16-15(10-17(18)20-21(13)16)19-11-14-5-4-8-22-14/h7,9,12,14H,3-6,8,10-11H2,1-2H3. The third-order valence-corrected chi connectivity index (χ3v) is 4.56. The maximum atomic E-state index is 6.28. The van der Waals surface area contributed by atoms with Crippen LogP contribution in [-0.4, -0.2) is 35.1 Å². The summed E-state index contributed by atoms with van der Waals surface area (Å²) in [6, 6.07) is 0. The molecule has 0 aromatic heterocycles. The van der Waals surface area contributed by atoms with Crippen molar-refractivity contribution >= 4 is 22.5 Å². The first-order valence-electron chi connectivity index (χ1n) is 8.26. The van der Waals surface area contributed by atoms with Crippen molar-refractivity contribution in [3.8, 4) is 0 Å². The Kier molecular flexibility index (Phi) is 4.99. The predicted octanol–water partition coefficient (Wildman–Crippen LogP) is 4.08. The highest BCUT2D eigenvalue weighted by atomic mass is 35.5. The van der Waals surface area contributed by atoms with Crippen molar-refractivity contribution in [3.05, 3.63) is 23.5 Å². The molecule has 0 aliphatic carbocycles. The number of halogens is 1. The van der Waals surface area contributed by atoms with Gasteiger partial charge in [0.15, 0.2) is 0 Å². The van der Waals surface area contributed by atoms with Gasteiger partial charge in [-0.2, -0.15) is 5.10 Å². The number of aliphatic imine (C=N–C) groups is 1. The van der Waals surface area contributed by atoms with Crippen LogP contribution >= 0.6 is 11.6 Å². The molecule has 0 amide bonds. The van der Waals surface area contributed by atoms with Crippen molar-refractivity contribution in [1.82, 2.24) is 5.01 Å². The van der Waals surface area contributed by atoms with Crippen molar-refractivity contribution in [2.24, 2.45) is 16.0 Å². The second kappa shape index (κ2) is 6.97. The topological polar surface area (TPSA) is 37.2 Å². The zero-order valence-electron chi connectivity index (χ0n) is 13.4. The van der Waals surface area contributed by atoms with E-state index in [1.165, 1.54) is 5.70 Å². The van der Waals surface area contributed by atoms with E-state index in [1.807, 2.05) is 5.01 Å². The van der Waals surface area contributed by atoms with Gasteiger partial charge in [-0.25, -0.2) is 5.01 Å². The van der Waals surface area contributed by atoms with Gasteiger partial charge in [0, 0.05) is 18.7 Å². The van der Waals surface area contributed by atoms with Gasteiger partial charge in [0.2, 0.25) is 0 Å². The summed E-state index contributed by atoms with van der Waals surface area (Å²) >= 11 is 6.28. The lowest BCUT2D eigenvalue weighted by Gasteiger charge is -2.29. The second-order valence-corrected chi connectivity index (χ2v) is 6.64. The summed E-state index contributed by atoms with van der Waals surface area (Å²) in [4.78, 5) is 4.82. The molecule has 120 valence electrons. The lowest BCUT2D eigenvalue weighted by atomic mass is 10.1. The number of fused-ring (bicyclic) bond motifs is 1. The van der Waals surface area contributed by atoms with Crippen LogP contribution < -0.4 is 0 Å². The summed E-state index contributed by atoms with van der Waals surface area (Å²) in [6.07, 6.45) is 9.65. The van der Waals surface area contributed by atoms with E-state index in [2.05, 4.69) is 31.1 Å². The van der Waals surface area contributed by atoms with Crippen LogP contribution in [0.5, 0.6) is 0 Å². The smallest absolute Gasteiger partial charge is 0.133 e. The molecule has 0 bridgehead atoms. The average molecular weight is 322 g/mol. The number of ether oxygens (including phenoxy) is 1. The highest BCUT2D eigenvalue weighted by molar-refractivity contribution is 6.67. The van der Waals surface area contributed by atoms with Gasteiger partial charge in [0.25, 0.3) is 0 Å². The van der Waals surface area contributed by atoms with Gasteiger partial charge in [-0.3, -0.25) is 4.99 Å². The summed E-state index contributed by atoms with van der Waals surface area (Å²) in [5, 5.41) is 7.15. The van der Waals surface area contributed by atoms with Crippen LogP contribution in [0.4, 0.5) is 0 Å². The van der Waals surface area contributed by atoms with Crippen LogP contribution in [0.1, 0.15) is 46.0 Å². The van der Waals surface area contributed by atoms with E-state index in [1.54, 1.807) is 0 Å². The minimum absolute atomic E-state index is 0.269. The molecule has 3 aliphatic heterocycles. The fourth-order valence-electron chi connectivity index (χ4n) is 3.14. The predicted molar refractivity (Wildman–Crippen MR) is 91.3 cm³/mol. The number of hydrogen-bond acceptors (Lipinski definition) is 4. The Morgan fingerprint density at radius 1 is 1.50 bits per heavy atom. The maximum absolute atomic E-state index is 6.28. The van der Waals surface area contributed by atoms with Crippen LogP contribution in [-0.2, 0) is 4.74 Å². The van der Waals surface area contributed by atoms with Crippen molar-refractivity contribution < 1.29 is 4.74 Å². The Morgan fingerprint density at radius 3 is 3.09 bits per heavy atom. The number of allylic oxidation sites excluding steroid dienone is 4. The second-order valence-electron chi connectivity index (χ2n) is 6.20. The Hall–Kier alpha value is -1.13. The molecule has 1 saturated heterocycles. The van der Waals surface area contributed by atoms with E-state index in [-0.39, 0.29) is 6.10 Å². The molecule has 5 heteroatoms. The fourth-order valence-corrected chi connectivity index (χ4v) is 3.34. The monoisotopic (exact) mass is 321 g/mol. The third kappa shape index (κ3) is 3.44. The number of hydrogen-bond donors (Lipinski definition) is 0. The van der Waals surface area contributed by atoms with Gasteiger partial charge >= 0.3 is 0 Å². The molecule has 3 aliphatic rings. The summed E-state index contributed by atoms with van der Waals surface area (Å²) < 4.78 is 5.68. The minimum Gasteiger partial charge on any atom is -0.376 e.